The number of carbonyl (C=O) groups excluding carboxylic acids is 1. The highest BCUT2D eigenvalue weighted by Crippen LogP contribution is 2.16. The average molecular weight is 286 g/mol. The van der Waals surface area contributed by atoms with Gasteiger partial charge in [-0.2, -0.15) is 0 Å². The molecule has 1 aliphatic rings. The molecule has 5 nitrogen and oxygen atoms in total. The standard InChI is InChI=1S/C12H15FN2O3S/c13-11-3-2-9(14)8-10(11)12(16)15-4-1-6-19(17,18)7-5-15/h2-3,8H,1,4-7,14H2. The van der Waals surface area contributed by atoms with Gasteiger partial charge < -0.3 is 10.6 Å². The lowest BCUT2D eigenvalue weighted by molar-refractivity contribution is 0.0764. The lowest BCUT2D eigenvalue weighted by Crippen LogP contribution is -2.34. The Labute approximate surface area is 111 Å². The Balaban J connectivity index is 2.22. The Morgan fingerprint density at radius 2 is 2.00 bits per heavy atom. The molecule has 0 bridgehead atoms. The van der Waals surface area contributed by atoms with Crippen LogP contribution in [0.1, 0.15) is 16.8 Å². The fraction of sp³-hybridized carbons (Fsp3) is 0.417. The number of benzene rings is 1. The molecule has 0 spiro atoms. The molecule has 1 aromatic carbocycles. The van der Waals surface area contributed by atoms with Gasteiger partial charge in [-0.25, -0.2) is 12.8 Å². The van der Waals surface area contributed by atoms with Crippen LogP contribution in [0.3, 0.4) is 0 Å². The highest BCUT2D eigenvalue weighted by molar-refractivity contribution is 7.91. The van der Waals surface area contributed by atoms with Crippen LogP contribution in [0.25, 0.3) is 0 Å². The summed E-state index contributed by atoms with van der Waals surface area (Å²) in [6.07, 6.45) is 0.373. The molecule has 1 heterocycles. The zero-order chi connectivity index (χ0) is 14.0. The fourth-order valence-corrected chi connectivity index (χ4v) is 3.29. The molecule has 1 saturated heterocycles. The van der Waals surface area contributed by atoms with Crippen LogP contribution >= 0.6 is 0 Å². The molecule has 2 rings (SSSR count). The molecule has 1 fully saturated rings. The molecular formula is C12H15FN2O3S. The molecular weight excluding hydrogens is 271 g/mol. The van der Waals surface area contributed by atoms with Gasteiger partial charge in [-0.15, -0.1) is 0 Å². The van der Waals surface area contributed by atoms with Gasteiger partial charge in [0.05, 0.1) is 17.1 Å². The van der Waals surface area contributed by atoms with E-state index in [1.165, 1.54) is 17.0 Å². The molecule has 1 aliphatic heterocycles. The van der Waals surface area contributed by atoms with Gasteiger partial charge in [0.2, 0.25) is 0 Å². The van der Waals surface area contributed by atoms with E-state index in [4.69, 9.17) is 5.73 Å². The first-order valence-electron chi connectivity index (χ1n) is 5.94. The van der Waals surface area contributed by atoms with Crippen LogP contribution in [0.2, 0.25) is 0 Å². The third-order valence-electron chi connectivity index (χ3n) is 3.06. The van der Waals surface area contributed by atoms with Gasteiger partial charge in [0, 0.05) is 18.8 Å². The average Bonchev–Trinajstić information content (AvgIpc) is 2.52. The quantitative estimate of drug-likeness (QED) is 0.769. The van der Waals surface area contributed by atoms with Crippen molar-refractivity contribution in [3.63, 3.8) is 0 Å². The number of carbonyl (C=O) groups is 1. The summed E-state index contributed by atoms with van der Waals surface area (Å²) < 4.78 is 36.5. The summed E-state index contributed by atoms with van der Waals surface area (Å²) in [7, 11) is -3.10. The van der Waals surface area contributed by atoms with Crippen LogP contribution in [0, 0.1) is 5.82 Å². The molecule has 0 unspecified atom stereocenters. The predicted octanol–water partition coefficient (Wildman–Crippen LogP) is 0.669. The third kappa shape index (κ3) is 3.23. The van der Waals surface area contributed by atoms with Crippen LogP contribution in [-0.4, -0.2) is 43.8 Å². The van der Waals surface area contributed by atoms with E-state index in [1.807, 2.05) is 0 Å². The SMILES string of the molecule is Nc1ccc(F)c(C(=O)N2CCCS(=O)(=O)CC2)c1. The summed E-state index contributed by atoms with van der Waals surface area (Å²) in [5, 5.41) is 0. The predicted molar refractivity (Wildman–Crippen MR) is 70.0 cm³/mol. The monoisotopic (exact) mass is 286 g/mol. The number of rotatable bonds is 1. The molecule has 0 aromatic heterocycles. The number of nitrogens with two attached hydrogens (primary N) is 1. The summed E-state index contributed by atoms with van der Waals surface area (Å²) in [6, 6.07) is 3.78. The summed E-state index contributed by atoms with van der Waals surface area (Å²) in [4.78, 5) is 13.5. The number of nitrogen functional groups attached to an aromatic ring is 1. The lowest BCUT2D eigenvalue weighted by atomic mass is 10.1. The van der Waals surface area contributed by atoms with Crippen molar-refractivity contribution < 1.29 is 17.6 Å². The molecule has 0 saturated carbocycles. The van der Waals surface area contributed by atoms with Crippen molar-refractivity contribution >= 4 is 21.4 Å². The second kappa shape index (κ2) is 5.16. The molecule has 1 aromatic rings. The Morgan fingerprint density at radius 3 is 2.74 bits per heavy atom. The molecule has 19 heavy (non-hydrogen) atoms. The van der Waals surface area contributed by atoms with E-state index in [0.29, 0.717) is 18.7 Å². The number of nitrogens with zero attached hydrogens (tertiary/aromatic N) is 1. The zero-order valence-corrected chi connectivity index (χ0v) is 11.1. The molecule has 0 atom stereocenters. The minimum atomic E-state index is -3.10. The maximum Gasteiger partial charge on any atom is 0.256 e. The van der Waals surface area contributed by atoms with Gasteiger partial charge in [0.25, 0.3) is 5.91 Å². The maximum absolute atomic E-state index is 13.6. The lowest BCUT2D eigenvalue weighted by Gasteiger charge is -2.20. The summed E-state index contributed by atoms with van der Waals surface area (Å²) in [6.45, 7) is 0.404. The second-order valence-electron chi connectivity index (χ2n) is 4.54. The number of halogens is 1. The van der Waals surface area contributed by atoms with Gasteiger partial charge in [0.1, 0.15) is 5.82 Å². The first-order chi connectivity index (χ1) is 8.89. The van der Waals surface area contributed by atoms with Crippen LogP contribution in [0.4, 0.5) is 10.1 Å². The van der Waals surface area contributed by atoms with Crippen molar-refractivity contribution in [2.24, 2.45) is 0 Å². The highest BCUT2D eigenvalue weighted by Gasteiger charge is 2.24. The largest absolute Gasteiger partial charge is 0.399 e. The second-order valence-corrected chi connectivity index (χ2v) is 6.84. The van der Waals surface area contributed by atoms with E-state index >= 15 is 0 Å². The Kier molecular flexibility index (Phi) is 3.75. The summed E-state index contributed by atoms with van der Waals surface area (Å²) in [5.41, 5.74) is 5.72. The van der Waals surface area contributed by atoms with E-state index in [-0.39, 0.29) is 23.6 Å². The summed E-state index contributed by atoms with van der Waals surface area (Å²) in [5.74, 6) is -1.17. The molecule has 0 radical (unpaired) electrons. The van der Waals surface area contributed by atoms with Gasteiger partial charge in [-0.1, -0.05) is 0 Å². The van der Waals surface area contributed by atoms with Crippen molar-refractivity contribution in [3.05, 3.63) is 29.6 Å². The first kappa shape index (κ1) is 13.8. The Morgan fingerprint density at radius 1 is 1.26 bits per heavy atom. The molecule has 7 heteroatoms. The molecule has 1 amide bonds. The van der Waals surface area contributed by atoms with Gasteiger partial charge in [0.15, 0.2) is 9.84 Å². The van der Waals surface area contributed by atoms with E-state index in [0.717, 1.165) is 6.07 Å². The van der Waals surface area contributed by atoms with Crippen LogP contribution in [-0.2, 0) is 9.84 Å². The van der Waals surface area contributed by atoms with Gasteiger partial charge in [-0.3, -0.25) is 4.79 Å². The van der Waals surface area contributed by atoms with Crippen molar-refractivity contribution in [1.82, 2.24) is 4.90 Å². The van der Waals surface area contributed by atoms with Crippen molar-refractivity contribution in [2.75, 3.05) is 30.3 Å². The van der Waals surface area contributed by atoms with E-state index < -0.39 is 21.6 Å². The third-order valence-corrected chi connectivity index (χ3v) is 4.78. The molecule has 104 valence electrons. The number of anilines is 1. The van der Waals surface area contributed by atoms with E-state index in [1.54, 1.807) is 0 Å². The first-order valence-corrected chi connectivity index (χ1v) is 7.76. The number of hydrogen-bond acceptors (Lipinski definition) is 4. The van der Waals surface area contributed by atoms with Gasteiger partial charge in [-0.05, 0) is 24.6 Å². The molecule has 0 aliphatic carbocycles. The molecule has 2 N–H and O–H groups in total. The van der Waals surface area contributed by atoms with Crippen molar-refractivity contribution in [2.45, 2.75) is 6.42 Å². The topological polar surface area (TPSA) is 80.5 Å². The van der Waals surface area contributed by atoms with Crippen molar-refractivity contribution in [3.8, 4) is 0 Å². The minimum absolute atomic E-state index is 0.0657. The van der Waals surface area contributed by atoms with Crippen molar-refractivity contribution in [1.29, 1.82) is 0 Å². The van der Waals surface area contributed by atoms with E-state index in [9.17, 15) is 17.6 Å². The normalized spacial score (nSPS) is 18.9. The smallest absolute Gasteiger partial charge is 0.256 e. The number of sulfone groups is 1. The van der Waals surface area contributed by atoms with Crippen LogP contribution in [0.5, 0.6) is 0 Å². The van der Waals surface area contributed by atoms with Crippen LogP contribution in [0.15, 0.2) is 18.2 Å². The zero-order valence-electron chi connectivity index (χ0n) is 10.3. The Hall–Kier alpha value is -1.63. The van der Waals surface area contributed by atoms with Gasteiger partial charge >= 0.3 is 0 Å². The summed E-state index contributed by atoms with van der Waals surface area (Å²) >= 11 is 0. The van der Waals surface area contributed by atoms with E-state index in [2.05, 4.69) is 0 Å². The number of hydrogen-bond donors (Lipinski definition) is 1. The maximum atomic E-state index is 13.6. The highest BCUT2D eigenvalue weighted by atomic mass is 32.2. The van der Waals surface area contributed by atoms with Crippen LogP contribution < -0.4 is 5.73 Å². The number of amides is 1. The Bertz CT molecular complexity index is 601. The fourth-order valence-electron chi connectivity index (χ4n) is 2.02. The minimum Gasteiger partial charge on any atom is -0.399 e.